The third kappa shape index (κ3) is 4.37. The third-order valence-corrected chi connectivity index (χ3v) is 2.66. The van der Waals surface area contributed by atoms with E-state index in [9.17, 15) is 4.79 Å². The Hall–Kier alpha value is -1.55. The van der Waals surface area contributed by atoms with Gasteiger partial charge in [0.15, 0.2) is 0 Å². The second-order valence-corrected chi connectivity index (χ2v) is 5.51. The summed E-state index contributed by atoms with van der Waals surface area (Å²) in [5.74, 6) is 0. The lowest BCUT2D eigenvalue weighted by Gasteiger charge is -2.19. The first kappa shape index (κ1) is 14.5. The van der Waals surface area contributed by atoms with Gasteiger partial charge in [0, 0.05) is 5.69 Å². The molecule has 0 aliphatic heterocycles. The van der Waals surface area contributed by atoms with E-state index in [1.165, 1.54) is 5.56 Å². The molecule has 0 bridgehead atoms. The van der Waals surface area contributed by atoms with Crippen LogP contribution in [0.3, 0.4) is 0 Å². The Morgan fingerprint density at radius 2 is 1.83 bits per heavy atom. The lowest BCUT2D eigenvalue weighted by molar-refractivity contribution is 0.229. The van der Waals surface area contributed by atoms with Crippen LogP contribution in [0.1, 0.15) is 33.3 Å². The number of anilines is 1. The van der Waals surface area contributed by atoms with E-state index in [0.717, 1.165) is 5.69 Å². The van der Waals surface area contributed by atoms with Crippen molar-refractivity contribution in [2.24, 2.45) is 0 Å². The van der Waals surface area contributed by atoms with Crippen molar-refractivity contribution in [3.63, 3.8) is 0 Å². The summed E-state index contributed by atoms with van der Waals surface area (Å²) in [5.41, 5.74) is 2.06. The first-order valence-corrected chi connectivity index (χ1v) is 6.12. The van der Waals surface area contributed by atoms with Crippen LogP contribution in [-0.4, -0.2) is 23.8 Å². The molecule has 18 heavy (non-hydrogen) atoms. The molecule has 3 N–H and O–H groups in total. The van der Waals surface area contributed by atoms with Gasteiger partial charge in [-0.25, -0.2) is 4.79 Å². The number of aliphatic hydroxyl groups excluding tert-OH is 1. The fourth-order valence-corrected chi connectivity index (χ4v) is 1.49. The Morgan fingerprint density at radius 1 is 1.28 bits per heavy atom. The predicted octanol–water partition coefficient (Wildman–Crippen LogP) is 2.49. The maximum atomic E-state index is 11.5. The maximum absolute atomic E-state index is 11.5. The minimum atomic E-state index is -0.306. The van der Waals surface area contributed by atoms with Gasteiger partial charge in [0.2, 0.25) is 0 Å². The summed E-state index contributed by atoms with van der Waals surface area (Å²) in [6.45, 7) is 8.10. The average Bonchev–Trinajstić information content (AvgIpc) is 2.28. The molecule has 0 aliphatic rings. The molecular weight excluding hydrogens is 228 g/mol. The van der Waals surface area contributed by atoms with Crippen molar-refractivity contribution in [1.82, 2.24) is 5.32 Å². The number of nitrogens with one attached hydrogen (secondary N) is 2. The molecule has 0 heterocycles. The van der Waals surface area contributed by atoms with Crippen LogP contribution in [0.25, 0.3) is 0 Å². The highest BCUT2D eigenvalue weighted by molar-refractivity contribution is 5.89. The number of carbonyl (C=O) groups is 1. The van der Waals surface area contributed by atoms with E-state index in [-0.39, 0.29) is 24.1 Å². The number of carbonyl (C=O) groups excluding carboxylic acids is 1. The number of rotatable bonds is 3. The number of aliphatic hydroxyl groups is 1. The Morgan fingerprint density at radius 3 is 2.28 bits per heavy atom. The highest BCUT2D eigenvalue weighted by Crippen LogP contribution is 2.23. The van der Waals surface area contributed by atoms with Crippen LogP contribution in [0, 0.1) is 0 Å². The third-order valence-electron chi connectivity index (χ3n) is 2.66. The topological polar surface area (TPSA) is 61.4 Å². The summed E-state index contributed by atoms with van der Waals surface area (Å²) >= 11 is 0. The predicted molar refractivity (Wildman–Crippen MR) is 73.8 cm³/mol. The molecule has 0 saturated carbocycles. The molecule has 4 heteroatoms. The summed E-state index contributed by atoms with van der Waals surface area (Å²) in [6.07, 6.45) is 0. The minimum Gasteiger partial charge on any atom is -0.394 e. The second-order valence-electron chi connectivity index (χ2n) is 5.51. The monoisotopic (exact) mass is 250 g/mol. The van der Waals surface area contributed by atoms with Crippen molar-refractivity contribution in [2.45, 2.75) is 39.2 Å². The summed E-state index contributed by atoms with van der Waals surface area (Å²) in [5, 5.41) is 14.2. The van der Waals surface area contributed by atoms with Gasteiger partial charge in [-0.05, 0) is 30.0 Å². The fraction of sp³-hybridized carbons (Fsp3) is 0.500. The van der Waals surface area contributed by atoms with Crippen molar-refractivity contribution >= 4 is 11.7 Å². The van der Waals surface area contributed by atoms with Gasteiger partial charge in [0.05, 0.1) is 12.6 Å². The summed E-state index contributed by atoms with van der Waals surface area (Å²) in [6, 6.07) is 7.21. The van der Waals surface area contributed by atoms with Gasteiger partial charge >= 0.3 is 6.03 Å². The van der Waals surface area contributed by atoms with Crippen LogP contribution < -0.4 is 10.6 Å². The summed E-state index contributed by atoms with van der Waals surface area (Å²) in [7, 11) is 0. The Kier molecular flexibility index (Phi) is 4.73. The molecule has 4 nitrogen and oxygen atoms in total. The molecule has 1 rings (SSSR count). The molecular formula is C14H22N2O2. The molecule has 1 aromatic carbocycles. The van der Waals surface area contributed by atoms with E-state index in [4.69, 9.17) is 5.11 Å². The highest BCUT2D eigenvalue weighted by atomic mass is 16.3. The van der Waals surface area contributed by atoms with E-state index in [2.05, 4.69) is 31.4 Å². The van der Waals surface area contributed by atoms with Crippen LogP contribution >= 0.6 is 0 Å². The molecule has 2 amide bonds. The molecule has 0 fully saturated rings. The zero-order valence-electron chi connectivity index (χ0n) is 11.4. The normalized spacial score (nSPS) is 12.9. The van der Waals surface area contributed by atoms with Gasteiger partial charge in [0.25, 0.3) is 0 Å². The standard InChI is InChI=1S/C14H22N2O2/c1-10(9-17)15-13(18)16-12-7-5-11(6-8-12)14(2,3)4/h5-8,10,17H,9H2,1-4H3,(H2,15,16,18)/t10-/m0/s1. The smallest absolute Gasteiger partial charge is 0.319 e. The Balaban J connectivity index is 2.61. The van der Waals surface area contributed by atoms with E-state index in [0.29, 0.717) is 0 Å². The summed E-state index contributed by atoms with van der Waals surface area (Å²) < 4.78 is 0. The Bertz CT molecular complexity index is 393. The SMILES string of the molecule is C[C@@H](CO)NC(=O)Nc1ccc(C(C)(C)C)cc1. The molecule has 0 aliphatic carbocycles. The zero-order chi connectivity index (χ0) is 13.8. The van der Waals surface area contributed by atoms with Gasteiger partial charge < -0.3 is 15.7 Å². The van der Waals surface area contributed by atoms with Crippen LogP contribution in [0.5, 0.6) is 0 Å². The number of amides is 2. The van der Waals surface area contributed by atoms with E-state index in [1.807, 2.05) is 24.3 Å². The lowest BCUT2D eigenvalue weighted by Crippen LogP contribution is -2.38. The number of urea groups is 1. The van der Waals surface area contributed by atoms with E-state index in [1.54, 1.807) is 6.92 Å². The molecule has 1 aromatic rings. The van der Waals surface area contributed by atoms with Gasteiger partial charge in [-0.2, -0.15) is 0 Å². The molecule has 100 valence electrons. The number of hydrogen-bond acceptors (Lipinski definition) is 2. The maximum Gasteiger partial charge on any atom is 0.319 e. The molecule has 1 atom stereocenters. The lowest BCUT2D eigenvalue weighted by atomic mass is 9.87. The van der Waals surface area contributed by atoms with Crippen LogP contribution in [0.15, 0.2) is 24.3 Å². The largest absolute Gasteiger partial charge is 0.394 e. The zero-order valence-corrected chi connectivity index (χ0v) is 11.4. The van der Waals surface area contributed by atoms with Crippen molar-refractivity contribution in [2.75, 3.05) is 11.9 Å². The summed E-state index contributed by atoms with van der Waals surface area (Å²) in [4.78, 5) is 11.5. The minimum absolute atomic E-state index is 0.0730. The van der Waals surface area contributed by atoms with Crippen molar-refractivity contribution < 1.29 is 9.90 Å². The van der Waals surface area contributed by atoms with Crippen LogP contribution in [0.2, 0.25) is 0 Å². The second kappa shape index (κ2) is 5.87. The quantitative estimate of drug-likeness (QED) is 0.771. The van der Waals surface area contributed by atoms with Crippen molar-refractivity contribution in [1.29, 1.82) is 0 Å². The average molecular weight is 250 g/mol. The fourth-order valence-electron chi connectivity index (χ4n) is 1.49. The molecule has 0 spiro atoms. The first-order valence-electron chi connectivity index (χ1n) is 6.12. The number of hydrogen-bond donors (Lipinski definition) is 3. The van der Waals surface area contributed by atoms with Gasteiger partial charge in [-0.3, -0.25) is 0 Å². The van der Waals surface area contributed by atoms with Crippen molar-refractivity contribution in [3.05, 3.63) is 29.8 Å². The van der Waals surface area contributed by atoms with E-state index >= 15 is 0 Å². The highest BCUT2D eigenvalue weighted by Gasteiger charge is 2.13. The molecule has 0 saturated heterocycles. The van der Waals surface area contributed by atoms with Gasteiger partial charge in [-0.1, -0.05) is 32.9 Å². The van der Waals surface area contributed by atoms with Crippen molar-refractivity contribution in [3.8, 4) is 0 Å². The Labute approximate surface area is 108 Å². The molecule has 0 aromatic heterocycles. The molecule has 0 radical (unpaired) electrons. The van der Waals surface area contributed by atoms with E-state index < -0.39 is 0 Å². The van der Waals surface area contributed by atoms with Crippen LogP contribution in [-0.2, 0) is 5.41 Å². The number of benzene rings is 1. The first-order chi connectivity index (χ1) is 8.32. The van der Waals surface area contributed by atoms with Gasteiger partial charge in [0.1, 0.15) is 0 Å². The molecule has 0 unspecified atom stereocenters. The van der Waals surface area contributed by atoms with Crippen LogP contribution in [0.4, 0.5) is 10.5 Å². The van der Waals surface area contributed by atoms with Gasteiger partial charge in [-0.15, -0.1) is 0 Å².